The normalized spacial score (nSPS) is 17.7. The molecule has 82 valence electrons. The molecule has 1 saturated carbocycles. The van der Waals surface area contributed by atoms with Crippen molar-refractivity contribution < 1.29 is 5.11 Å². The molecule has 1 atom stereocenters. The molecule has 0 aromatic carbocycles. The minimum Gasteiger partial charge on any atom is -0.394 e. The van der Waals surface area contributed by atoms with E-state index in [2.05, 4.69) is 26.2 Å². The lowest BCUT2D eigenvalue weighted by Crippen LogP contribution is -2.27. The lowest BCUT2D eigenvalue weighted by atomic mass is 10.2. The van der Waals surface area contributed by atoms with Gasteiger partial charge < -0.3 is 10.4 Å². The van der Waals surface area contributed by atoms with E-state index in [1.54, 1.807) is 6.20 Å². The summed E-state index contributed by atoms with van der Waals surface area (Å²) in [4.78, 5) is 4.28. The smallest absolute Gasteiger partial charge is 0.0730 e. The monoisotopic (exact) mass is 270 g/mol. The number of nitrogens with one attached hydrogen (secondary N) is 1. The Labute approximate surface area is 98.0 Å². The van der Waals surface area contributed by atoms with Gasteiger partial charge in [0.15, 0.2) is 0 Å². The first-order valence-corrected chi connectivity index (χ1v) is 6.04. The maximum atomic E-state index is 9.27. The van der Waals surface area contributed by atoms with E-state index in [9.17, 15) is 5.11 Å². The van der Waals surface area contributed by atoms with Crippen LogP contribution in [-0.2, 0) is 0 Å². The first-order chi connectivity index (χ1) is 7.29. The molecule has 1 unspecified atom stereocenters. The van der Waals surface area contributed by atoms with E-state index >= 15 is 0 Å². The summed E-state index contributed by atoms with van der Waals surface area (Å²) < 4.78 is 0.963. The highest BCUT2D eigenvalue weighted by atomic mass is 79.9. The number of aliphatic hydroxyl groups is 1. The largest absolute Gasteiger partial charge is 0.394 e. The predicted molar refractivity (Wildman–Crippen MR) is 62.5 cm³/mol. The fourth-order valence-corrected chi connectivity index (χ4v) is 1.72. The van der Waals surface area contributed by atoms with Gasteiger partial charge in [0.05, 0.1) is 18.3 Å². The van der Waals surface area contributed by atoms with Crippen LogP contribution in [0.1, 0.15) is 24.6 Å². The summed E-state index contributed by atoms with van der Waals surface area (Å²) in [5.74, 6) is 0.814. The van der Waals surface area contributed by atoms with Gasteiger partial charge in [0.1, 0.15) is 0 Å². The topological polar surface area (TPSA) is 45.1 Å². The molecule has 3 nitrogen and oxygen atoms in total. The van der Waals surface area contributed by atoms with Crippen molar-refractivity contribution in [1.29, 1.82) is 0 Å². The molecule has 2 rings (SSSR count). The van der Waals surface area contributed by atoms with E-state index in [1.807, 2.05) is 12.1 Å². The summed E-state index contributed by atoms with van der Waals surface area (Å²) in [5.41, 5.74) is 0.904. The molecule has 0 spiro atoms. The zero-order valence-corrected chi connectivity index (χ0v) is 10.1. The van der Waals surface area contributed by atoms with Gasteiger partial charge in [-0.3, -0.25) is 4.98 Å². The van der Waals surface area contributed by atoms with Crippen LogP contribution in [0, 0.1) is 5.92 Å². The van der Waals surface area contributed by atoms with Gasteiger partial charge >= 0.3 is 0 Å². The average molecular weight is 271 g/mol. The molecule has 1 aliphatic carbocycles. The zero-order chi connectivity index (χ0) is 10.7. The fraction of sp³-hybridized carbons (Fsp3) is 0.545. The molecular weight excluding hydrogens is 256 g/mol. The van der Waals surface area contributed by atoms with Crippen LogP contribution in [-0.4, -0.2) is 23.2 Å². The maximum Gasteiger partial charge on any atom is 0.0730 e. The van der Waals surface area contributed by atoms with Crippen molar-refractivity contribution in [2.24, 2.45) is 5.92 Å². The van der Waals surface area contributed by atoms with Crippen molar-refractivity contribution in [3.63, 3.8) is 0 Å². The van der Waals surface area contributed by atoms with Gasteiger partial charge in [0.25, 0.3) is 0 Å². The van der Waals surface area contributed by atoms with Gasteiger partial charge in [0.2, 0.25) is 0 Å². The van der Waals surface area contributed by atoms with E-state index in [4.69, 9.17) is 0 Å². The SMILES string of the molecule is OCC(NCC1CC1)c1ccc(Br)cn1. The van der Waals surface area contributed by atoms with E-state index in [-0.39, 0.29) is 12.6 Å². The number of halogens is 1. The van der Waals surface area contributed by atoms with E-state index in [1.165, 1.54) is 12.8 Å². The Hall–Kier alpha value is -0.450. The van der Waals surface area contributed by atoms with Crippen molar-refractivity contribution >= 4 is 15.9 Å². The molecule has 0 aliphatic heterocycles. The van der Waals surface area contributed by atoms with Crippen molar-refractivity contribution in [1.82, 2.24) is 10.3 Å². The van der Waals surface area contributed by atoms with Crippen LogP contribution in [0.25, 0.3) is 0 Å². The Bertz CT molecular complexity index is 311. The summed E-state index contributed by atoms with van der Waals surface area (Å²) >= 11 is 3.34. The van der Waals surface area contributed by atoms with Crippen molar-refractivity contribution in [3.8, 4) is 0 Å². The predicted octanol–water partition coefficient (Wildman–Crippen LogP) is 1.88. The van der Waals surface area contributed by atoms with Crippen molar-refractivity contribution in [3.05, 3.63) is 28.5 Å². The van der Waals surface area contributed by atoms with Gasteiger partial charge in [-0.2, -0.15) is 0 Å². The molecule has 1 aromatic rings. The Morgan fingerprint density at radius 3 is 2.87 bits per heavy atom. The quantitative estimate of drug-likeness (QED) is 0.859. The van der Waals surface area contributed by atoms with Gasteiger partial charge in [0, 0.05) is 10.7 Å². The number of aliphatic hydroxyl groups excluding tert-OH is 1. The van der Waals surface area contributed by atoms with Gasteiger partial charge in [-0.05, 0) is 53.4 Å². The molecule has 1 aromatic heterocycles. The van der Waals surface area contributed by atoms with Crippen LogP contribution < -0.4 is 5.32 Å². The molecule has 1 aliphatic rings. The highest BCUT2D eigenvalue weighted by molar-refractivity contribution is 9.10. The second kappa shape index (κ2) is 5.05. The van der Waals surface area contributed by atoms with Crippen LogP contribution in [0.4, 0.5) is 0 Å². The minimum atomic E-state index is -0.0290. The number of rotatable bonds is 5. The lowest BCUT2D eigenvalue weighted by molar-refractivity contribution is 0.241. The third-order valence-corrected chi connectivity index (χ3v) is 3.11. The first kappa shape index (κ1) is 11.0. The second-order valence-electron chi connectivity index (χ2n) is 3.99. The zero-order valence-electron chi connectivity index (χ0n) is 8.49. The standard InChI is InChI=1S/C11H15BrN2O/c12-9-3-4-10(14-6-9)11(7-15)13-5-8-1-2-8/h3-4,6,8,11,13,15H,1-2,5,7H2. The maximum absolute atomic E-state index is 9.27. The number of hydrogen-bond acceptors (Lipinski definition) is 3. The second-order valence-corrected chi connectivity index (χ2v) is 4.90. The summed E-state index contributed by atoms with van der Waals surface area (Å²) in [7, 11) is 0. The molecule has 4 heteroatoms. The molecule has 0 saturated heterocycles. The first-order valence-electron chi connectivity index (χ1n) is 5.25. The summed E-state index contributed by atoms with van der Waals surface area (Å²) in [6.45, 7) is 1.09. The van der Waals surface area contributed by atoms with E-state index < -0.39 is 0 Å². The van der Waals surface area contributed by atoms with E-state index in [0.29, 0.717) is 0 Å². The Balaban J connectivity index is 1.94. The van der Waals surface area contributed by atoms with Crippen LogP contribution >= 0.6 is 15.9 Å². The third kappa shape index (κ3) is 3.26. The van der Waals surface area contributed by atoms with E-state index in [0.717, 1.165) is 22.6 Å². The van der Waals surface area contributed by atoms with Crippen LogP contribution in [0.3, 0.4) is 0 Å². The van der Waals surface area contributed by atoms with Gasteiger partial charge in [-0.1, -0.05) is 0 Å². The van der Waals surface area contributed by atoms with Crippen molar-refractivity contribution in [2.75, 3.05) is 13.2 Å². The summed E-state index contributed by atoms with van der Waals surface area (Å²) in [5, 5.41) is 12.6. The molecule has 15 heavy (non-hydrogen) atoms. The molecule has 1 fully saturated rings. The molecule has 0 bridgehead atoms. The van der Waals surface area contributed by atoms with Crippen molar-refractivity contribution in [2.45, 2.75) is 18.9 Å². The van der Waals surface area contributed by atoms with Crippen LogP contribution in [0.2, 0.25) is 0 Å². The number of pyridine rings is 1. The summed E-state index contributed by atoms with van der Waals surface area (Å²) in [6, 6.07) is 3.85. The van der Waals surface area contributed by atoms with Gasteiger partial charge in [-0.15, -0.1) is 0 Å². The number of aromatic nitrogens is 1. The molecule has 0 amide bonds. The Morgan fingerprint density at radius 1 is 1.53 bits per heavy atom. The molecular formula is C11H15BrN2O. The third-order valence-electron chi connectivity index (χ3n) is 2.64. The van der Waals surface area contributed by atoms with Gasteiger partial charge in [-0.25, -0.2) is 0 Å². The van der Waals surface area contributed by atoms with Crippen LogP contribution in [0.15, 0.2) is 22.8 Å². The number of nitrogens with zero attached hydrogens (tertiary/aromatic N) is 1. The summed E-state index contributed by atoms with van der Waals surface area (Å²) in [6.07, 6.45) is 4.40. The molecule has 2 N–H and O–H groups in total. The lowest BCUT2D eigenvalue weighted by Gasteiger charge is -2.15. The minimum absolute atomic E-state index is 0.0290. The average Bonchev–Trinajstić information content (AvgIpc) is 3.05. The highest BCUT2D eigenvalue weighted by Crippen LogP contribution is 2.28. The fourth-order valence-electron chi connectivity index (χ4n) is 1.49. The highest BCUT2D eigenvalue weighted by Gasteiger charge is 2.22. The molecule has 0 radical (unpaired) electrons. The Morgan fingerprint density at radius 2 is 2.33 bits per heavy atom. The molecule has 1 heterocycles. The number of hydrogen-bond donors (Lipinski definition) is 2. The Kier molecular flexibility index (Phi) is 3.72. The van der Waals surface area contributed by atoms with Crippen LogP contribution in [0.5, 0.6) is 0 Å².